The molecule has 1 aliphatic rings. The Balaban J connectivity index is 1.77. The predicted octanol–water partition coefficient (Wildman–Crippen LogP) is 0.674. The normalized spacial score (nSPS) is 19.1. The van der Waals surface area contributed by atoms with Crippen LogP contribution in [0.15, 0.2) is 24.3 Å². The summed E-state index contributed by atoms with van der Waals surface area (Å²) in [6.45, 7) is 1.79. The van der Waals surface area contributed by atoms with E-state index >= 15 is 0 Å². The van der Waals surface area contributed by atoms with Gasteiger partial charge in [-0.05, 0) is 24.5 Å². The fourth-order valence-corrected chi connectivity index (χ4v) is 4.14. The molecule has 23 heavy (non-hydrogen) atoms. The number of rotatable bonds is 5. The van der Waals surface area contributed by atoms with Crippen molar-refractivity contribution in [2.75, 3.05) is 23.4 Å². The molecule has 8 heteroatoms. The zero-order valence-corrected chi connectivity index (χ0v) is 13.8. The predicted molar refractivity (Wildman–Crippen MR) is 88.0 cm³/mol. The Kier molecular flexibility index (Phi) is 5.59. The molecule has 0 saturated carbocycles. The fourth-order valence-electron chi connectivity index (χ4n) is 2.47. The van der Waals surface area contributed by atoms with Crippen LogP contribution in [0.1, 0.15) is 18.9 Å². The zero-order valence-electron chi connectivity index (χ0n) is 13.0. The SMILES string of the molecule is CCc1ccccc1NC(=O)NCC(=O)N[C@@H]1CCS(=O)(=O)C1. The van der Waals surface area contributed by atoms with E-state index in [1.165, 1.54) is 0 Å². The van der Waals surface area contributed by atoms with Gasteiger partial charge >= 0.3 is 6.03 Å². The highest BCUT2D eigenvalue weighted by molar-refractivity contribution is 7.91. The number of nitrogens with one attached hydrogen (secondary N) is 3. The highest BCUT2D eigenvalue weighted by Gasteiger charge is 2.28. The number of sulfone groups is 1. The van der Waals surface area contributed by atoms with E-state index in [0.29, 0.717) is 12.1 Å². The fraction of sp³-hybridized carbons (Fsp3) is 0.467. The molecule has 1 aromatic rings. The van der Waals surface area contributed by atoms with Crippen molar-refractivity contribution in [3.05, 3.63) is 29.8 Å². The van der Waals surface area contributed by atoms with Crippen molar-refractivity contribution in [1.82, 2.24) is 10.6 Å². The van der Waals surface area contributed by atoms with E-state index in [1.807, 2.05) is 25.1 Å². The van der Waals surface area contributed by atoms with Crippen LogP contribution < -0.4 is 16.0 Å². The van der Waals surface area contributed by atoms with Gasteiger partial charge in [0.1, 0.15) is 0 Å². The van der Waals surface area contributed by atoms with Crippen molar-refractivity contribution in [1.29, 1.82) is 0 Å². The van der Waals surface area contributed by atoms with E-state index in [4.69, 9.17) is 0 Å². The first-order chi connectivity index (χ1) is 10.9. The molecule has 1 atom stereocenters. The molecule has 0 bridgehead atoms. The molecular formula is C15H21N3O4S. The molecular weight excluding hydrogens is 318 g/mol. The Labute approximate surface area is 135 Å². The van der Waals surface area contributed by atoms with Gasteiger partial charge in [-0.2, -0.15) is 0 Å². The van der Waals surface area contributed by atoms with Gasteiger partial charge in [-0.25, -0.2) is 13.2 Å². The second kappa shape index (κ2) is 7.45. The first kappa shape index (κ1) is 17.3. The summed E-state index contributed by atoms with van der Waals surface area (Å²) in [4.78, 5) is 23.6. The molecule has 0 unspecified atom stereocenters. The number of amides is 3. The van der Waals surface area contributed by atoms with Crippen molar-refractivity contribution in [3.8, 4) is 0 Å². The molecule has 3 amide bonds. The minimum atomic E-state index is -3.04. The second-order valence-corrected chi connectivity index (χ2v) is 7.71. The van der Waals surface area contributed by atoms with Gasteiger partial charge in [0, 0.05) is 11.7 Å². The van der Waals surface area contributed by atoms with Gasteiger partial charge < -0.3 is 16.0 Å². The Morgan fingerprint density at radius 1 is 1.26 bits per heavy atom. The summed E-state index contributed by atoms with van der Waals surface area (Å²) < 4.78 is 22.6. The van der Waals surface area contributed by atoms with Crippen LogP contribution in [0.2, 0.25) is 0 Å². The lowest BCUT2D eigenvalue weighted by molar-refractivity contribution is -0.120. The number of carbonyl (C=O) groups is 2. The quantitative estimate of drug-likeness (QED) is 0.733. The summed E-state index contributed by atoms with van der Waals surface area (Å²) in [5, 5.41) is 7.78. The molecule has 2 rings (SSSR count). The highest BCUT2D eigenvalue weighted by Crippen LogP contribution is 2.15. The van der Waals surface area contributed by atoms with Crippen LogP contribution in [-0.4, -0.2) is 44.4 Å². The van der Waals surface area contributed by atoms with Crippen molar-refractivity contribution in [2.24, 2.45) is 0 Å². The van der Waals surface area contributed by atoms with Gasteiger partial charge in [-0.3, -0.25) is 4.79 Å². The smallest absolute Gasteiger partial charge is 0.319 e. The molecule has 7 nitrogen and oxygen atoms in total. The maximum Gasteiger partial charge on any atom is 0.319 e. The van der Waals surface area contributed by atoms with Crippen molar-refractivity contribution in [2.45, 2.75) is 25.8 Å². The standard InChI is InChI=1S/C15H21N3O4S/c1-2-11-5-3-4-6-13(11)18-15(20)16-9-14(19)17-12-7-8-23(21,22)10-12/h3-6,12H,2,7-10H2,1H3,(H,17,19)(H2,16,18,20)/t12-/m1/s1. The summed E-state index contributed by atoms with van der Waals surface area (Å²) >= 11 is 0. The second-order valence-electron chi connectivity index (χ2n) is 5.49. The van der Waals surface area contributed by atoms with Gasteiger partial charge in [0.15, 0.2) is 9.84 Å². The van der Waals surface area contributed by atoms with E-state index in [9.17, 15) is 18.0 Å². The van der Waals surface area contributed by atoms with Crippen LogP contribution >= 0.6 is 0 Å². The number of para-hydroxylation sites is 1. The Morgan fingerprint density at radius 3 is 2.65 bits per heavy atom. The summed E-state index contributed by atoms with van der Waals surface area (Å²) in [7, 11) is -3.04. The lowest BCUT2D eigenvalue weighted by Crippen LogP contribution is -2.43. The minimum Gasteiger partial charge on any atom is -0.351 e. The van der Waals surface area contributed by atoms with E-state index in [0.717, 1.165) is 12.0 Å². The van der Waals surface area contributed by atoms with Crippen LogP contribution in [0.4, 0.5) is 10.5 Å². The van der Waals surface area contributed by atoms with Gasteiger partial charge in [0.25, 0.3) is 0 Å². The zero-order chi connectivity index (χ0) is 16.9. The third-order valence-electron chi connectivity index (χ3n) is 3.65. The molecule has 126 valence electrons. The van der Waals surface area contributed by atoms with Crippen LogP contribution in [0.3, 0.4) is 0 Å². The Morgan fingerprint density at radius 2 is 2.00 bits per heavy atom. The molecule has 0 radical (unpaired) electrons. The van der Waals surface area contributed by atoms with Crippen LogP contribution in [-0.2, 0) is 21.1 Å². The Bertz CT molecular complexity index is 688. The number of hydrogen-bond donors (Lipinski definition) is 3. The van der Waals surface area contributed by atoms with Crippen molar-refractivity contribution >= 4 is 27.5 Å². The molecule has 0 aliphatic carbocycles. The van der Waals surface area contributed by atoms with Gasteiger partial charge in [0.2, 0.25) is 5.91 Å². The first-order valence-corrected chi connectivity index (χ1v) is 9.34. The summed E-state index contributed by atoms with van der Waals surface area (Å²) in [5.41, 5.74) is 1.71. The highest BCUT2D eigenvalue weighted by atomic mass is 32.2. The van der Waals surface area contributed by atoms with E-state index in [1.54, 1.807) is 6.07 Å². The molecule has 1 aromatic carbocycles. The first-order valence-electron chi connectivity index (χ1n) is 7.52. The largest absolute Gasteiger partial charge is 0.351 e. The minimum absolute atomic E-state index is 0.0329. The third kappa shape index (κ3) is 5.24. The van der Waals surface area contributed by atoms with E-state index in [-0.39, 0.29) is 24.1 Å². The number of benzene rings is 1. The molecule has 1 fully saturated rings. The Hall–Kier alpha value is -2.09. The van der Waals surface area contributed by atoms with E-state index in [2.05, 4.69) is 16.0 Å². The summed E-state index contributed by atoms with van der Waals surface area (Å²) in [6.07, 6.45) is 1.21. The lowest BCUT2D eigenvalue weighted by atomic mass is 10.1. The van der Waals surface area contributed by atoms with Crippen molar-refractivity contribution < 1.29 is 18.0 Å². The monoisotopic (exact) mass is 339 g/mol. The average molecular weight is 339 g/mol. The third-order valence-corrected chi connectivity index (χ3v) is 5.42. The van der Waals surface area contributed by atoms with Crippen LogP contribution in [0, 0.1) is 0 Å². The van der Waals surface area contributed by atoms with E-state index < -0.39 is 21.8 Å². The average Bonchev–Trinajstić information content (AvgIpc) is 2.84. The van der Waals surface area contributed by atoms with Crippen molar-refractivity contribution in [3.63, 3.8) is 0 Å². The number of urea groups is 1. The number of carbonyl (C=O) groups excluding carboxylic acids is 2. The molecule has 1 heterocycles. The molecule has 0 spiro atoms. The van der Waals surface area contributed by atoms with Crippen LogP contribution in [0.25, 0.3) is 0 Å². The number of aryl methyl sites for hydroxylation is 1. The maximum absolute atomic E-state index is 11.8. The summed E-state index contributed by atoms with van der Waals surface area (Å²) in [6, 6.07) is 6.59. The number of hydrogen-bond acceptors (Lipinski definition) is 4. The molecule has 0 aromatic heterocycles. The molecule has 3 N–H and O–H groups in total. The van der Waals surface area contributed by atoms with Gasteiger partial charge in [-0.1, -0.05) is 25.1 Å². The van der Waals surface area contributed by atoms with Crippen LogP contribution in [0.5, 0.6) is 0 Å². The van der Waals surface area contributed by atoms with Gasteiger partial charge in [-0.15, -0.1) is 0 Å². The maximum atomic E-state index is 11.8. The lowest BCUT2D eigenvalue weighted by Gasteiger charge is -2.13. The molecule has 1 saturated heterocycles. The van der Waals surface area contributed by atoms with Gasteiger partial charge in [0.05, 0.1) is 18.1 Å². The summed E-state index contributed by atoms with van der Waals surface area (Å²) in [5.74, 6) is -0.333. The topological polar surface area (TPSA) is 104 Å². The molecule has 1 aliphatic heterocycles. The number of anilines is 1.